The zero-order valence-electron chi connectivity index (χ0n) is 11.6. The zero-order chi connectivity index (χ0) is 15.4. The largest absolute Gasteiger partial charge is 0.635 e. The van der Waals surface area contributed by atoms with Gasteiger partial charge in [-0.3, -0.25) is 0 Å². The summed E-state index contributed by atoms with van der Waals surface area (Å²) in [6.07, 6.45) is -7.19. The van der Waals surface area contributed by atoms with Crippen molar-refractivity contribution in [1.82, 2.24) is 0 Å². The van der Waals surface area contributed by atoms with Crippen molar-refractivity contribution in [1.29, 1.82) is 0 Å². The summed E-state index contributed by atoms with van der Waals surface area (Å²) < 4.78 is 10.9. The third-order valence-corrected chi connectivity index (χ3v) is 3.43. The summed E-state index contributed by atoms with van der Waals surface area (Å²) in [6, 6.07) is 9.11. The quantitative estimate of drug-likeness (QED) is 0.583. The Balaban J connectivity index is 2.09. The monoisotopic (exact) mass is 298 g/mol. The Morgan fingerprint density at radius 1 is 1.14 bits per heavy atom. The number of nitrogens with zero attached hydrogens (tertiary/aromatic N) is 1. The van der Waals surface area contributed by atoms with Crippen molar-refractivity contribution < 1.29 is 29.9 Å². The van der Waals surface area contributed by atoms with Crippen LogP contribution in [0.25, 0.3) is 5.32 Å². The van der Waals surface area contributed by atoms with Gasteiger partial charge in [0.15, 0.2) is 6.29 Å². The first-order valence-electron chi connectivity index (χ1n) is 6.68. The van der Waals surface area contributed by atoms with Crippen LogP contribution in [0.15, 0.2) is 30.3 Å². The van der Waals surface area contributed by atoms with E-state index in [-0.39, 0.29) is 0 Å². The molecule has 1 saturated heterocycles. The lowest BCUT2D eigenvalue weighted by Crippen LogP contribution is -2.59. The third-order valence-electron chi connectivity index (χ3n) is 3.43. The first kappa shape index (κ1) is 16.3. The maximum atomic E-state index is 9.93. The predicted molar refractivity (Wildman–Crippen MR) is 73.3 cm³/mol. The van der Waals surface area contributed by atoms with Crippen molar-refractivity contribution in [2.75, 3.05) is 13.7 Å². The van der Waals surface area contributed by atoms with Crippen LogP contribution in [0.2, 0.25) is 0 Å². The molecule has 1 aromatic carbocycles. The van der Waals surface area contributed by atoms with Gasteiger partial charge in [-0.1, -0.05) is 30.3 Å². The maximum absolute atomic E-state index is 9.93. The summed E-state index contributed by atoms with van der Waals surface area (Å²) in [6.45, 7) is -0.496. The Labute approximate surface area is 122 Å². The van der Waals surface area contributed by atoms with Gasteiger partial charge in [-0.25, -0.2) is 0 Å². The molecule has 0 spiro atoms. The highest BCUT2D eigenvalue weighted by Gasteiger charge is 2.44. The molecule has 7 heteroatoms. The molecule has 118 valence electrons. The SMILES string of the molecule is C[N-]C(OC1OC(CO)C(O)C(O)C1O)c1ccccc1. The second-order valence-corrected chi connectivity index (χ2v) is 4.85. The molecule has 7 nitrogen and oxygen atoms in total. The number of ether oxygens (including phenoxy) is 2. The normalized spacial score (nSPS) is 34.6. The van der Waals surface area contributed by atoms with Gasteiger partial charge in [0.25, 0.3) is 0 Å². The van der Waals surface area contributed by atoms with E-state index in [9.17, 15) is 15.3 Å². The van der Waals surface area contributed by atoms with Crippen molar-refractivity contribution in [3.63, 3.8) is 0 Å². The number of hydrogen-bond donors (Lipinski definition) is 4. The van der Waals surface area contributed by atoms with E-state index in [1.807, 2.05) is 30.3 Å². The minimum Gasteiger partial charge on any atom is -0.635 e. The summed E-state index contributed by atoms with van der Waals surface area (Å²) in [7, 11) is 1.56. The lowest BCUT2D eigenvalue weighted by Gasteiger charge is -2.43. The Hall–Kier alpha value is -1.06. The molecule has 6 unspecified atom stereocenters. The standard InChI is InChI=1S/C14H20NO6/c1-15-13(8-5-3-2-4-6-8)21-14-12(19)11(18)10(17)9(7-16)20-14/h2-6,9-14,16-19H,7H2,1H3/q-1. The Morgan fingerprint density at radius 3 is 2.38 bits per heavy atom. The number of benzene rings is 1. The molecule has 0 aromatic heterocycles. The molecule has 21 heavy (non-hydrogen) atoms. The van der Waals surface area contributed by atoms with E-state index < -0.39 is 43.5 Å². The van der Waals surface area contributed by atoms with Crippen molar-refractivity contribution >= 4 is 0 Å². The number of hydrogen-bond acceptors (Lipinski definition) is 6. The van der Waals surface area contributed by atoms with Gasteiger partial charge in [-0.15, -0.1) is 0 Å². The van der Waals surface area contributed by atoms with Crippen LogP contribution in [-0.4, -0.2) is 64.8 Å². The van der Waals surface area contributed by atoms with Crippen LogP contribution in [0.5, 0.6) is 0 Å². The molecule has 1 heterocycles. The van der Waals surface area contributed by atoms with Crippen molar-refractivity contribution in [2.24, 2.45) is 0 Å². The van der Waals surface area contributed by atoms with Crippen molar-refractivity contribution in [3.8, 4) is 0 Å². The van der Waals surface area contributed by atoms with E-state index in [0.717, 1.165) is 5.56 Å². The van der Waals surface area contributed by atoms with E-state index in [2.05, 4.69) is 5.32 Å². The maximum Gasteiger partial charge on any atom is 0.185 e. The van der Waals surface area contributed by atoms with Gasteiger partial charge in [0.2, 0.25) is 0 Å². The third kappa shape index (κ3) is 3.58. The van der Waals surface area contributed by atoms with Gasteiger partial charge in [0.05, 0.1) is 6.61 Å². The lowest BCUT2D eigenvalue weighted by atomic mass is 9.99. The predicted octanol–water partition coefficient (Wildman–Crippen LogP) is -0.495. The van der Waals surface area contributed by atoms with Crippen molar-refractivity contribution in [3.05, 3.63) is 41.2 Å². The Kier molecular flexibility index (Phi) is 5.65. The second kappa shape index (κ2) is 7.28. The second-order valence-electron chi connectivity index (χ2n) is 4.85. The summed E-state index contributed by atoms with van der Waals surface area (Å²) in [5.74, 6) is 0. The van der Waals surface area contributed by atoms with Crippen LogP contribution in [0.3, 0.4) is 0 Å². The lowest BCUT2D eigenvalue weighted by molar-refractivity contribution is -0.309. The smallest absolute Gasteiger partial charge is 0.185 e. The van der Waals surface area contributed by atoms with Gasteiger partial charge >= 0.3 is 0 Å². The summed E-state index contributed by atoms with van der Waals surface area (Å²) >= 11 is 0. The number of aliphatic hydroxyl groups excluding tert-OH is 4. The fraction of sp³-hybridized carbons (Fsp3) is 0.571. The van der Waals surface area contributed by atoms with Gasteiger partial charge < -0.3 is 35.2 Å². The van der Waals surface area contributed by atoms with Gasteiger partial charge in [-0.2, -0.15) is 7.05 Å². The van der Waals surface area contributed by atoms with E-state index in [1.54, 1.807) is 7.05 Å². The molecule has 0 radical (unpaired) electrons. The molecule has 0 amide bonds. The van der Waals surface area contributed by atoms with Gasteiger partial charge in [-0.05, 0) is 11.8 Å². The van der Waals surface area contributed by atoms with Crippen LogP contribution >= 0.6 is 0 Å². The fourth-order valence-electron chi connectivity index (χ4n) is 2.21. The van der Waals surface area contributed by atoms with E-state index >= 15 is 0 Å². The molecule has 4 N–H and O–H groups in total. The van der Waals surface area contributed by atoms with Crippen LogP contribution in [0, 0.1) is 0 Å². The number of rotatable bonds is 5. The molecular formula is C14H20NO6-. The molecule has 0 saturated carbocycles. The van der Waals surface area contributed by atoms with E-state index in [1.165, 1.54) is 0 Å². The minimum atomic E-state index is -1.46. The first-order chi connectivity index (χ1) is 10.1. The molecule has 6 atom stereocenters. The molecular weight excluding hydrogens is 278 g/mol. The summed E-state index contributed by atoms with van der Waals surface area (Å²) in [5.41, 5.74) is 0.761. The topological polar surface area (TPSA) is 113 Å². The molecule has 1 aliphatic heterocycles. The fourth-order valence-corrected chi connectivity index (χ4v) is 2.21. The summed E-state index contributed by atoms with van der Waals surface area (Å²) in [4.78, 5) is 0. The van der Waals surface area contributed by atoms with Gasteiger partial charge in [0, 0.05) is 0 Å². The Morgan fingerprint density at radius 2 is 1.81 bits per heavy atom. The highest BCUT2D eigenvalue weighted by molar-refractivity contribution is 5.20. The molecule has 0 aliphatic carbocycles. The van der Waals surface area contributed by atoms with Crippen LogP contribution in [-0.2, 0) is 9.47 Å². The van der Waals surface area contributed by atoms with Crippen molar-refractivity contribution in [2.45, 2.75) is 36.9 Å². The van der Waals surface area contributed by atoms with Crippen LogP contribution in [0.1, 0.15) is 11.8 Å². The first-order valence-corrected chi connectivity index (χ1v) is 6.68. The van der Waals surface area contributed by atoms with E-state index in [0.29, 0.717) is 0 Å². The van der Waals surface area contributed by atoms with E-state index in [4.69, 9.17) is 14.6 Å². The molecule has 1 fully saturated rings. The zero-order valence-corrected chi connectivity index (χ0v) is 11.6. The average Bonchev–Trinajstić information content (AvgIpc) is 2.53. The molecule has 1 aromatic rings. The number of aliphatic hydroxyl groups is 4. The molecule has 0 bridgehead atoms. The summed E-state index contributed by atoms with van der Waals surface area (Å²) in [5, 5.41) is 42.6. The average molecular weight is 298 g/mol. The highest BCUT2D eigenvalue weighted by atomic mass is 16.7. The van der Waals surface area contributed by atoms with Gasteiger partial charge in [0.1, 0.15) is 24.4 Å². The molecule has 2 rings (SSSR count). The highest BCUT2D eigenvalue weighted by Crippen LogP contribution is 2.29. The van der Waals surface area contributed by atoms with Crippen LogP contribution in [0.4, 0.5) is 0 Å². The minimum absolute atomic E-state index is 0.496. The Bertz CT molecular complexity index is 429. The van der Waals surface area contributed by atoms with Crippen LogP contribution < -0.4 is 0 Å². The molecule has 1 aliphatic rings.